The zero-order valence-electron chi connectivity index (χ0n) is 10.5. The number of rotatable bonds is 3. The number of hydrogen-bond donors (Lipinski definition) is 1. The Labute approximate surface area is 114 Å². The van der Waals surface area contributed by atoms with Gasteiger partial charge >= 0.3 is 0 Å². The molecule has 1 fully saturated rings. The topological polar surface area (TPSA) is 55.6 Å². The van der Waals surface area contributed by atoms with E-state index in [-0.39, 0.29) is 31.0 Å². The van der Waals surface area contributed by atoms with Crippen molar-refractivity contribution in [3.05, 3.63) is 29.8 Å². The molecule has 5 heteroatoms. The van der Waals surface area contributed by atoms with E-state index >= 15 is 0 Å². The Morgan fingerprint density at radius 2 is 2.11 bits per heavy atom. The predicted molar refractivity (Wildman–Crippen MR) is 73.1 cm³/mol. The van der Waals surface area contributed by atoms with Gasteiger partial charge in [0.25, 0.3) is 5.91 Å². The van der Waals surface area contributed by atoms with Gasteiger partial charge in [-0.15, -0.1) is 12.4 Å². The molecule has 0 bridgehead atoms. The summed E-state index contributed by atoms with van der Waals surface area (Å²) in [6, 6.07) is 7.80. The molecule has 1 atom stereocenters. The maximum atomic E-state index is 11.8. The lowest BCUT2D eigenvalue weighted by Crippen LogP contribution is -2.35. The van der Waals surface area contributed by atoms with Crippen molar-refractivity contribution in [2.75, 3.05) is 19.7 Å². The number of hydrogen-bond acceptors (Lipinski definition) is 3. The molecule has 0 aromatic heterocycles. The van der Waals surface area contributed by atoms with Crippen LogP contribution in [0.1, 0.15) is 12.0 Å². The van der Waals surface area contributed by atoms with E-state index in [2.05, 4.69) is 0 Å². The van der Waals surface area contributed by atoms with E-state index in [1.807, 2.05) is 31.2 Å². The van der Waals surface area contributed by atoms with Crippen LogP contribution in [0.3, 0.4) is 0 Å². The second kappa shape index (κ2) is 6.61. The van der Waals surface area contributed by atoms with Gasteiger partial charge < -0.3 is 15.4 Å². The van der Waals surface area contributed by atoms with Crippen LogP contribution in [0.5, 0.6) is 5.75 Å². The third-order valence-corrected chi connectivity index (χ3v) is 2.96. The number of amides is 1. The maximum Gasteiger partial charge on any atom is 0.260 e. The quantitative estimate of drug-likeness (QED) is 0.902. The van der Waals surface area contributed by atoms with Gasteiger partial charge in [-0.05, 0) is 25.5 Å². The minimum absolute atomic E-state index is 0. The number of carbonyl (C=O) groups is 1. The summed E-state index contributed by atoms with van der Waals surface area (Å²) in [7, 11) is 0. The summed E-state index contributed by atoms with van der Waals surface area (Å²) in [4.78, 5) is 13.5. The Kier molecular flexibility index (Phi) is 5.44. The molecule has 0 spiro atoms. The monoisotopic (exact) mass is 270 g/mol. The van der Waals surface area contributed by atoms with Crippen LogP contribution in [0.15, 0.2) is 24.3 Å². The summed E-state index contributed by atoms with van der Waals surface area (Å²) in [5, 5.41) is 0. The average Bonchev–Trinajstić information content (AvgIpc) is 2.75. The summed E-state index contributed by atoms with van der Waals surface area (Å²) in [5.41, 5.74) is 6.93. The molecular formula is C13H19ClN2O2. The molecule has 2 N–H and O–H groups in total. The molecule has 1 saturated heterocycles. The molecule has 0 radical (unpaired) electrons. The molecule has 1 aromatic rings. The van der Waals surface area contributed by atoms with Crippen LogP contribution in [-0.4, -0.2) is 36.5 Å². The van der Waals surface area contributed by atoms with Crippen molar-refractivity contribution < 1.29 is 9.53 Å². The van der Waals surface area contributed by atoms with Crippen LogP contribution in [0.25, 0.3) is 0 Å². The van der Waals surface area contributed by atoms with Gasteiger partial charge in [0, 0.05) is 19.1 Å². The molecule has 0 aliphatic carbocycles. The van der Waals surface area contributed by atoms with Crippen LogP contribution in [0.2, 0.25) is 0 Å². The summed E-state index contributed by atoms with van der Waals surface area (Å²) < 4.78 is 5.44. The molecule has 1 aliphatic heterocycles. The van der Waals surface area contributed by atoms with Gasteiger partial charge in [0.15, 0.2) is 6.61 Å². The average molecular weight is 271 g/mol. The van der Waals surface area contributed by atoms with Crippen molar-refractivity contribution >= 4 is 18.3 Å². The number of benzene rings is 1. The molecule has 1 heterocycles. The lowest BCUT2D eigenvalue weighted by molar-refractivity contribution is -0.132. The molecule has 18 heavy (non-hydrogen) atoms. The third kappa shape index (κ3) is 3.89. The summed E-state index contributed by atoms with van der Waals surface area (Å²) in [5.74, 6) is 0.742. The number of aryl methyl sites for hydroxylation is 1. The fourth-order valence-corrected chi connectivity index (χ4v) is 1.88. The fourth-order valence-electron chi connectivity index (χ4n) is 1.88. The lowest BCUT2D eigenvalue weighted by Gasteiger charge is -2.16. The highest BCUT2D eigenvalue weighted by Gasteiger charge is 2.23. The Balaban J connectivity index is 0.00000162. The van der Waals surface area contributed by atoms with E-state index < -0.39 is 0 Å². The standard InChI is InChI=1S/C13H18N2O2.ClH/c1-10-2-4-12(5-3-10)17-9-13(16)15-7-6-11(14)8-15;/h2-5,11H,6-9,14H2,1H3;1H/t11-;/m0./s1. The number of ether oxygens (including phenoxy) is 1. The van der Waals surface area contributed by atoms with Gasteiger partial charge in [-0.2, -0.15) is 0 Å². The molecular weight excluding hydrogens is 252 g/mol. The summed E-state index contributed by atoms with van der Waals surface area (Å²) in [6.45, 7) is 3.50. The van der Waals surface area contributed by atoms with Crippen LogP contribution in [0, 0.1) is 6.92 Å². The largest absolute Gasteiger partial charge is 0.484 e. The second-order valence-corrected chi connectivity index (χ2v) is 4.49. The highest BCUT2D eigenvalue weighted by atomic mass is 35.5. The zero-order valence-corrected chi connectivity index (χ0v) is 11.3. The van der Waals surface area contributed by atoms with Crippen molar-refractivity contribution in [3.8, 4) is 5.75 Å². The highest BCUT2D eigenvalue weighted by Crippen LogP contribution is 2.12. The lowest BCUT2D eigenvalue weighted by atomic mass is 10.2. The first-order chi connectivity index (χ1) is 8.15. The van der Waals surface area contributed by atoms with Gasteiger partial charge in [0.2, 0.25) is 0 Å². The summed E-state index contributed by atoms with van der Waals surface area (Å²) >= 11 is 0. The number of halogens is 1. The van der Waals surface area contributed by atoms with E-state index in [0.29, 0.717) is 6.54 Å². The van der Waals surface area contributed by atoms with Crippen molar-refractivity contribution in [1.29, 1.82) is 0 Å². The van der Waals surface area contributed by atoms with Crippen LogP contribution >= 0.6 is 12.4 Å². The summed E-state index contributed by atoms with van der Waals surface area (Å²) in [6.07, 6.45) is 0.885. The number of likely N-dealkylation sites (tertiary alicyclic amines) is 1. The van der Waals surface area contributed by atoms with Crippen LogP contribution in [-0.2, 0) is 4.79 Å². The van der Waals surface area contributed by atoms with Crippen LogP contribution in [0.4, 0.5) is 0 Å². The van der Waals surface area contributed by atoms with Crippen molar-refractivity contribution in [1.82, 2.24) is 4.90 Å². The van der Waals surface area contributed by atoms with Gasteiger partial charge in [-0.3, -0.25) is 4.79 Å². The smallest absolute Gasteiger partial charge is 0.260 e. The second-order valence-electron chi connectivity index (χ2n) is 4.49. The molecule has 4 nitrogen and oxygen atoms in total. The van der Waals surface area contributed by atoms with E-state index in [9.17, 15) is 4.79 Å². The van der Waals surface area contributed by atoms with Crippen LogP contribution < -0.4 is 10.5 Å². The first-order valence-electron chi connectivity index (χ1n) is 5.88. The molecule has 0 saturated carbocycles. The van der Waals surface area contributed by atoms with Crippen molar-refractivity contribution in [2.45, 2.75) is 19.4 Å². The molecule has 1 aromatic carbocycles. The molecule has 0 unspecified atom stereocenters. The molecule has 2 rings (SSSR count). The predicted octanol–water partition coefficient (Wildman–Crippen LogP) is 1.36. The van der Waals surface area contributed by atoms with E-state index in [1.54, 1.807) is 4.90 Å². The minimum atomic E-state index is 0. The third-order valence-electron chi connectivity index (χ3n) is 2.96. The minimum Gasteiger partial charge on any atom is -0.484 e. The highest BCUT2D eigenvalue weighted by molar-refractivity contribution is 5.85. The first-order valence-corrected chi connectivity index (χ1v) is 5.88. The Morgan fingerprint density at radius 3 is 2.67 bits per heavy atom. The zero-order chi connectivity index (χ0) is 12.3. The maximum absolute atomic E-state index is 11.8. The Hall–Kier alpha value is -1.26. The number of nitrogens with zero attached hydrogens (tertiary/aromatic N) is 1. The van der Waals surface area contributed by atoms with E-state index in [0.717, 1.165) is 18.7 Å². The molecule has 100 valence electrons. The van der Waals surface area contributed by atoms with Crippen molar-refractivity contribution in [3.63, 3.8) is 0 Å². The van der Waals surface area contributed by atoms with Gasteiger partial charge in [0.05, 0.1) is 0 Å². The Bertz CT molecular complexity index is 394. The SMILES string of the molecule is Cc1ccc(OCC(=O)N2CC[C@H](N)C2)cc1.Cl. The number of carbonyl (C=O) groups excluding carboxylic acids is 1. The van der Waals surface area contributed by atoms with Gasteiger partial charge in [-0.25, -0.2) is 0 Å². The van der Waals surface area contributed by atoms with E-state index in [4.69, 9.17) is 10.5 Å². The first kappa shape index (κ1) is 14.8. The van der Waals surface area contributed by atoms with Crippen molar-refractivity contribution in [2.24, 2.45) is 5.73 Å². The molecule has 1 aliphatic rings. The fraction of sp³-hybridized carbons (Fsp3) is 0.462. The molecule has 1 amide bonds. The van der Waals surface area contributed by atoms with Gasteiger partial charge in [-0.1, -0.05) is 17.7 Å². The number of nitrogens with two attached hydrogens (primary N) is 1. The van der Waals surface area contributed by atoms with Gasteiger partial charge in [0.1, 0.15) is 5.75 Å². The van der Waals surface area contributed by atoms with E-state index in [1.165, 1.54) is 5.56 Å². The normalized spacial score (nSPS) is 18.3. The Morgan fingerprint density at radius 1 is 1.44 bits per heavy atom.